The summed E-state index contributed by atoms with van der Waals surface area (Å²) in [6.45, 7) is 0. The lowest BCUT2D eigenvalue weighted by Gasteiger charge is -2.32. The Morgan fingerprint density at radius 3 is 2.63 bits per heavy atom. The monoisotopic (exact) mass is 285 g/mol. The van der Waals surface area contributed by atoms with Gasteiger partial charge in [0.05, 0.1) is 0 Å². The summed E-state index contributed by atoms with van der Waals surface area (Å²) in [4.78, 5) is 12.1. The molecule has 1 aromatic rings. The van der Waals surface area contributed by atoms with Crippen molar-refractivity contribution in [3.05, 3.63) is 30.1 Å². The average molecular weight is 285 g/mol. The fourth-order valence-electron chi connectivity index (χ4n) is 2.98. The van der Waals surface area contributed by atoms with E-state index in [9.17, 15) is 18.7 Å². The molecular weight excluding hydrogens is 272 g/mol. The highest BCUT2D eigenvalue weighted by Gasteiger charge is 2.55. The van der Waals surface area contributed by atoms with Crippen LogP contribution in [0, 0.1) is 11.7 Å². The summed E-state index contributed by atoms with van der Waals surface area (Å²) < 4.78 is 28.2. The lowest BCUT2D eigenvalue weighted by atomic mass is 9.99. The van der Waals surface area contributed by atoms with E-state index < -0.39 is 24.1 Å². The number of hydrogen-bond acceptors (Lipinski definition) is 3. The zero-order valence-corrected chi connectivity index (χ0v) is 10.8. The molecule has 1 N–H and O–H groups in total. The molecule has 0 aromatic heterocycles. The SMILES string of the molecule is O=C(O)C1C2CC(CC2F)N1Sc1ccc(F)cc1. The maximum atomic E-state index is 13.6. The van der Waals surface area contributed by atoms with Gasteiger partial charge in [0.25, 0.3) is 0 Å². The van der Waals surface area contributed by atoms with Crippen LogP contribution in [0.5, 0.6) is 0 Å². The van der Waals surface area contributed by atoms with E-state index in [-0.39, 0.29) is 11.9 Å². The van der Waals surface area contributed by atoms with Crippen LogP contribution in [0.2, 0.25) is 0 Å². The Kier molecular flexibility index (Phi) is 3.22. The van der Waals surface area contributed by atoms with E-state index in [2.05, 4.69) is 0 Å². The first-order valence-electron chi connectivity index (χ1n) is 6.15. The first-order valence-corrected chi connectivity index (χ1v) is 6.92. The summed E-state index contributed by atoms with van der Waals surface area (Å²) in [5, 5.41) is 9.26. The van der Waals surface area contributed by atoms with Crippen LogP contribution in [-0.2, 0) is 4.79 Å². The van der Waals surface area contributed by atoms with E-state index in [4.69, 9.17) is 0 Å². The second kappa shape index (κ2) is 4.76. The number of fused-ring (bicyclic) bond motifs is 2. The molecule has 6 heteroatoms. The molecule has 4 unspecified atom stereocenters. The van der Waals surface area contributed by atoms with Gasteiger partial charge in [0, 0.05) is 16.9 Å². The summed E-state index contributed by atoms with van der Waals surface area (Å²) in [6, 6.07) is 5.06. The van der Waals surface area contributed by atoms with Gasteiger partial charge in [-0.05, 0) is 49.1 Å². The van der Waals surface area contributed by atoms with Crippen molar-refractivity contribution in [1.82, 2.24) is 4.31 Å². The molecule has 1 aromatic carbocycles. The smallest absolute Gasteiger partial charge is 0.322 e. The number of rotatable bonds is 3. The Morgan fingerprint density at radius 2 is 2.00 bits per heavy atom. The van der Waals surface area contributed by atoms with Crippen LogP contribution in [0.3, 0.4) is 0 Å². The maximum absolute atomic E-state index is 13.6. The predicted molar refractivity (Wildman–Crippen MR) is 66.9 cm³/mol. The minimum absolute atomic E-state index is 0.0452. The Labute approximate surface area is 113 Å². The number of carboxylic acids is 1. The molecule has 0 spiro atoms. The van der Waals surface area contributed by atoms with Crippen molar-refractivity contribution in [3.63, 3.8) is 0 Å². The molecule has 1 saturated heterocycles. The van der Waals surface area contributed by atoms with Crippen molar-refractivity contribution in [2.24, 2.45) is 5.92 Å². The highest BCUT2D eigenvalue weighted by atomic mass is 32.2. The van der Waals surface area contributed by atoms with Crippen LogP contribution in [0.1, 0.15) is 12.8 Å². The highest BCUT2D eigenvalue weighted by Crippen LogP contribution is 2.48. The molecule has 2 aliphatic rings. The van der Waals surface area contributed by atoms with Crippen molar-refractivity contribution in [2.45, 2.75) is 36.0 Å². The number of carboxylic acid groups (broad SMARTS) is 1. The fourth-order valence-corrected chi connectivity index (χ4v) is 4.17. The summed E-state index contributed by atoms with van der Waals surface area (Å²) >= 11 is 1.28. The average Bonchev–Trinajstić information content (AvgIpc) is 2.88. The van der Waals surface area contributed by atoms with Gasteiger partial charge in [-0.25, -0.2) is 13.1 Å². The standard InChI is InChI=1S/C13H13F2NO2S/c14-7-1-3-9(4-2-7)19-16-8-5-10(11(15)6-8)12(16)13(17)18/h1-4,8,10-12H,5-6H2,(H,17,18). The van der Waals surface area contributed by atoms with Crippen LogP contribution in [0.4, 0.5) is 8.78 Å². The number of carbonyl (C=O) groups is 1. The van der Waals surface area contributed by atoms with E-state index in [0.717, 1.165) is 4.90 Å². The zero-order valence-electron chi connectivity index (χ0n) is 10.00. The molecule has 0 radical (unpaired) electrons. The van der Waals surface area contributed by atoms with E-state index in [0.29, 0.717) is 12.8 Å². The molecule has 1 heterocycles. The molecule has 1 saturated carbocycles. The van der Waals surface area contributed by atoms with Crippen molar-refractivity contribution < 1.29 is 18.7 Å². The minimum Gasteiger partial charge on any atom is -0.480 e. The number of benzene rings is 1. The van der Waals surface area contributed by atoms with E-state index in [1.807, 2.05) is 0 Å². The van der Waals surface area contributed by atoms with Crippen molar-refractivity contribution >= 4 is 17.9 Å². The first kappa shape index (κ1) is 12.9. The van der Waals surface area contributed by atoms with Crippen molar-refractivity contribution in [3.8, 4) is 0 Å². The molecular formula is C13H13F2NO2S. The van der Waals surface area contributed by atoms with Crippen LogP contribution in [-0.4, -0.2) is 33.6 Å². The van der Waals surface area contributed by atoms with Gasteiger partial charge in [-0.3, -0.25) is 4.79 Å². The van der Waals surface area contributed by atoms with Gasteiger partial charge in [0.2, 0.25) is 0 Å². The van der Waals surface area contributed by atoms with Gasteiger partial charge in [0.15, 0.2) is 0 Å². The number of halogens is 2. The molecule has 3 nitrogen and oxygen atoms in total. The molecule has 2 bridgehead atoms. The van der Waals surface area contributed by atoms with Gasteiger partial charge in [-0.1, -0.05) is 0 Å². The molecule has 3 rings (SSSR count). The molecule has 4 atom stereocenters. The van der Waals surface area contributed by atoms with Gasteiger partial charge in [-0.15, -0.1) is 0 Å². The predicted octanol–water partition coefficient (Wildman–Crippen LogP) is 2.72. The Balaban J connectivity index is 1.80. The molecule has 102 valence electrons. The summed E-state index contributed by atoms with van der Waals surface area (Å²) in [7, 11) is 0. The molecule has 1 aliphatic heterocycles. The number of alkyl halides is 1. The number of hydrogen-bond donors (Lipinski definition) is 1. The van der Waals surface area contributed by atoms with Gasteiger partial charge < -0.3 is 5.11 Å². The molecule has 0 amide bonds. The highest BCUT2D eigenvalue weighted by molar-refractivity contribution is 7.97. The maximum Gasteiger partial charge on any atom is 0.322 e. The topological polar surface area (TPSA) is 40.5 Å². The number of nitrogens with zero attached hydrogens (tertiary/aromatic N) is 1. The lowest BCUT2D eigenvalue weighted by Crippen LogP contribution is -2.45. The molecule has 19 heavy (non-hydrogen) atoms. The zero-order chi connectivity index (χ0) is 13.6. The Morgan fingerprint density at radius 1 is 1.32 bits per heavy atom. The number of aliphatic carboxylic acids is 1. The van der Waals surface area contributed by atoms with E-state index >= 15 is 0 Å². The van der Waals surface area contributed by atoms with E-state index in [1.165, 1.54) is 24.1 Å². The van der Waals surface area contributed by atoms with Crippen LogP contribution in [0.15, 0.2) is 29.2 Å². The van der Waals surface area contributed by atoms with Crippen molar-refractivity contribution in [1.29, 1.82) is 0 Å². The first-order chi connectivity index (χ1) is 9.06. The lowest BCUT2D eigenvalue weighted by molar-refractivity contribution is -0.143. The number of piperidine rings is 1. The second-order valence-corrected chi connectivity index (χ2v) is 6.07. The third-order valence-corrected chi connectivity index (χ3v) is 5.04. The van der Waals surface area contributed by atoms with Crippen LogP contribution >= 0.6 is 11.9 Å². The molecule has 1 aliphatic carbocycles. The largest absolute Gasteiger partial charge is 0.480 e. The van der Waals surface area contributed by atoms with Crippen LogP contribution in [0.25, 0.3) is 0 Å². The Hall–Kier alpha value is -1.14. The molecule has 2 fully saturated rings. The van der Waals surface area contributed by atoms with Gasteiger partial charge in [0.1, 0.15) is 18.0 Å². The quantitative estimate of drug-likeness (QED) is 0.867. The Bertz CT molecular complexity index is 496. The van der Waals surface area contributed by atoms with E-state index in [1.54, 1.807) is 16.4 Å². The fraction of sp³-hybridized carbons (Fsp3) is 0.462. The van der Waals surface area contributed by atoms with Crippen molar-refractivity contribution in [2.75, 3.05) is 0 Å². The van der Waals surface area contributed by atoms with Crippen LogP contribution < -0.4 is 0 Å². The second-order valence-electron chi connectivity index (χ2n) is 4.99. The third-order valence-electron chi connectivity index (χ3n) is 3.82. The van der Waals surface area contributed by atoms with Gasteiger partial charge in [-0.2, -0.15) is 0 Å². The summed E-state index contributed by atoms with van der Waals surface area (Å²) in [5.74, 6) is -1.73. The third kappa shape index (κ3) is 2.23. The summed E-state index contributed by atoms with van der Waals surface area (Å²) in [6.07, 6.45) is -0.0363. The summed E-state index contributed by atoms with van der Waals surface area (Å²) in [5.41, 5.74) is 0. The normalized spacial score (nSPS) is 33.8. The van der Waals surface area contributed by atoms with Gasteiger partial charge >= 0.3 is 5.97 Å². The minimum atomic E-state index is -1.02.